The van der Waals surface area contributed by atoms with Gasteiger partial charge in [-0.25, -0.2) is 0 Å². The van der Waals surface area contributed by atoms with E-state index in [-0.39, 0.29) is 5.91 Å². The summed E-state index contributed by atoms with van der Waals surface area (Å²) in [6.45, 7) is 4.96. The Labute approximate surface area is 141 Å². The lowest BCUT2D eigenvalue weighted by Gasteiger charge is -2.29. The normalized spacial score (nSPS) is 17.8. The Balaban J connectivity index is 2.29. The van der Waals surface area contributed by atoms with Gasteiger partial charge in [0, 0.05) is 23.1 Å². The fraction of sp³-hybridized carbons (Fsp3) is 0.611. The second-order valence-corrected chi connectivity index (χ2v) is 7.10. The van der Waals surface area contributed by atoms with Crippen LogP contribution in [-0.4, -0.2) is 17.6 Å². The summed E-state index contributed by atoms with van der Waals surface area (Å²) >= 11 is 3.53. The van der Waals surface area contributed by atoms with Crippen LogP contribution in [-0.2, 0) is 10.4 Å². The van der Waals surface area contributed by atoms with Crippen LogP contribution in [0.1, 0.15) is 64.4 Å². The highest BCUT2D eigenvalue weighted by Gasteiger charge is 2.29. The fourth-order valence-corrected chi connectivity index (χ4v) is 3.59. The molecule has 1 aromatic rings. The predicted molar refractivity (Wildman–Crippen MR) is 94.1 cm³/mol. The monoisotopic (exact) mass is 367 g/mol. The first-order valence-corrected chi connectivity index (χ1v) is 9.13. The van der Waals surface area contributed by atoms with Crippen LogP contribution in [0.25, 0.3) is 0 Å². The number of rotatable bonds is 7. The molecule has 1 unspecified atom stereocenters. The van der Waals surface area contributed by atoms with Gasteiger partial charge in [-0.1, -0.05) is 49.0 Å². The minimum Gasteiger partial charge on any atom is -0.385 e. The van der Waals surface area contributed by atoms with Crippen molar-refractivity contribution >= 4 is 27.5 Å². The molecule has 1 heterocycles. The first-order valence-electron chi connectivity index (χ1n) is 8.34. The molecule has 0 radical (unpaired) electrons. The number of benzene rings is 1. The number of halogens is 1. The average molecular weight is 368 g/mol. The molecule has 0 aliphatic carbocycles. The molecule has 0 bridgehead atoms. The van der Waals surface area contributed by atoms with E-state index in [4.69, 9.17) is 0 Å². The van der Waals surface area contributed by atoms with Crippen LogP contribution in [0.3, 0.4) is 0 Å². The molecule has 2 rings (SSSR count). The van der Waals surface area contributed by atoms with Gasteiger partial charge < -0.3 is 10.0 Å². The van der Waals surface area contributed by atoms with Gasteiger partial charge in [-0.15, -0.1) is 0 Å². The van der Waals surface area contributed by atoms with Crippen molar-refractivity contribution in [3.63, 3.8) is 0 Å². The second-order valence-electron chi connectivity index (χ2n) is 6.19. The van der Waals surface area contributed by atoms with Crippen LogP contribution in [0.4, 0.5) is 5.69 Å². The Morgan fingerprint density at radius 2 is 2.05 bits per heavy atom. The van der Waals surface area contributed by atoms with Crippen LogP contribution >= 0.6 is 15.9 Å². The summed E-state index contributed by atoms with van der Waals surface area (Å²) in [5.41, 5.74) is 1.00. The Morgan fingerprint density at radius 3 is 2.64 bits per heavy atom. The third-order valence-corrected chi connectivity index (χ3v) is 5.04. The number of amides is 1. The molecule has 1 fully saturated rings. The van der Waals surface area contributed by atoms with Gasteiger partial charge in [-0.05, 0) is 43.0 Å². The number of unbranched alkanes of at least 4 members (excludes halogenated alkanes) is 2. The molecule has 1 aliphatic heterocycles. The maximum absolute atomic E-state index is 12.0. The van der Waals surface area contributed by atoms with Crippen molar-refractivity contribution in [3.05, 3.63) is 28.2 Å². The highest BCUT2D eigenvalue weighted by molar-refractivity contribution is 9.10. The summed E-state index contributed by atoms with van der Waals surface area (Å²) in [7, 11) is 0. The summed E-state index contributed by atoms with van der Waals surface area (Å²) in [6.07, 6.45) is 6.28. The SMILES string of the molecule is CCCCCC(O)(CC)c1cc(Br)cc(N2CCCC2=O)c1. The summed E-state index contributed by atoms with van der Waals surface area (Å²) < 4.78 is 0.919. The number of hydrogen-bond donors (Lipinski definition) is 1. The number of carbonyl (C=O) groups is 1. The third kappa shape index (κ3) is 3.90. The van der Waals surface area contributed by atoms with E-state index in [1.54, 1.807) is 0 Å². The molecule has 0 saturated carbocycles. The first kappa shape index (κ1) is 17.5. The van der Waals surface area contributed by atoms with Crippen molar-refractivity contribution in [1.29, 1.82) is 0 Å². The van der Waals surface area contributed by atoms with Gasteiger partial charge in [0.15, 0.2) is 0 Å². The van der Waals surface area contributed by atoms with Gasteiger partial charge in [0.25, 0.3) is 0 Å². The minimum absolute atomic E-state index is 0.176. The molecule has 4 heteroatoms. The lowest BCUT2D eigenvalue weighted by molar-refractivity contribution is -0.117. The molecule has 1 N–H and O–H groups in total. The molecule has 1 amide bonds. The Kier molecular flexibility index (Phi) is 6.04. The second kappa shape index (κ2) is 7.60. The molecule has 1 atom stereocenters. The van der Waals surface area contributed by atoms with Gasteiger partial charge in [0.1, 0.15) is 0 Å². The zero-order chi connectivity index (χ0) is 16.2. The largest absolute Gasteiger partial charge is 0.385 e. The van der Waals surface area contributed by atoms with Crippen LogP contribution in [0, 0.1) is 0 Å². The van der Waals surface area contributed by atoms with E-state index in [9.17, 15) is 9.90 Å². The van der Waals surface area contributed by atoms with E-state index < -0.39 is 5.60 Å². The van der Waals surface area contributed by atoms with Gasteiger partial charge in [-0.2, -0.15) is 0 Å². The minimum atomic E-state index is -0.809. The maximum Gasteiger partial charge on any atom is 0.227 e. The van der Waals surface area contributed by atoms with Gasteiger partial charge in [0.2, 0.25) is 5.91 Å². The van der Waals surface area contributed by atoms with Crippen molar-refractivity contribution in [1.82, 2.24) is 0 Å². The molecular formula is C18H26BrNO2. The lowest BCUT2D eigenvalue weighted by Crippen LogP contribution is -2.27. The van der Waals surface area contributed by atoms with E-state index >= 15 is 0 Å². The molecule has 1 aliphatic rings. The summed E-state index contributed by atoms with van der Waals surface area (Å²) in [5.74, 6) is 0.176. The molecule has 0 aromatic heterocycles. The van der Waals surface area contributed by atoms with Crippen LogP contribution in [0.2, 0.25) is 0 Å². The van der Waals surface area contributed by atoms with Crippen molar-refractivity contribution < 1.29 is 9.90 Å². The quantitative estimate of drug-likeness (QED) is 0.706. The Bertz CT molecular complexity index is 532. The van der Waals surface area contributed by atoms with Crippen molar-refractivity contribution in [2.24, 2.45) is 0 Å². The molecule has 0 spiro atoms. The van der Waals surface area contributed by atoms with Crippen molar-refractivity contribution in [2.45, 2.75) is 64.4 Å². The van der Waals surface area contributed by atoms with Gasteiger partial charge in [0.05, 0.1) is 5.60 Å². The van der Waals surface area contributed by atoms with Crippen LogP contribution in [0.15, 0.2) is 22.7 Å². The van der Waals surface area contributed by atoms with Crippen LogP contribution in [0.5, 0.6) is 0 Å². The topological polar surface area (TPSA) is 40.5 Å². The highest BCUT2D eigenvalue weighted by atomic mass is 79.9. The Morgan fingerprint density at radius 1 is 1.27 bits per heavy atom. The molecule has 1 saturated heterocycles. The first-order chi connectivity index (χ1) is 10.5. The molecular weight excluding hydrogens is 342 g/mol. The summed E-state index contributed by atoms with van der Waals surface area (Å²) in [5, 5.41) is 11.1. The summed E-state index contributed by atoms with van der Waals surface area (Å²) in [6, 6.07) is 5.94. The van der Waals surface area contributed by atoms with Crippen LogP contribution < -0.4 is 4.90 Å². The fourth-order valence-electron chi connectivity index (χ4n) is 3.11. The number of carbonyl (C=O) groups excluding carboxylic acids is 1. The number of hydrogen-bond acceptors (Lipinski definition) is 2. The van der Waals surface area contributed by atoms with Gasteiger partial charge >= 0.3 is 0 Å². The standard InChI is InChI=1S/C18H26BrNO2/c1-3-5-6-9-18(22,4-2)14-11-15(19)13-16(12-14)20-10-7-8-17(20)21/h11-13,22H,3-10H2,1-2H3. The smallest absolute Gasteiger partial charge is 0.227 e. The maximum atomic E-state index is 12.0. The highest BCUT2D eigenvalue weighted by Crippen LogP contribution is 2.36. The van der Waals surface area contributed by atoms with Crippen molar-refractivity contribution in [3.8, 4) is 0 Å². The average Bonchev–Trinajstić information content (AvgIpc) is 2.93. The molecule has 22 heavy (non-hydrogen) atoms. The van der Waals surface area contributed by atoms with E-state index in [0.717, 1.165) is 54.4 Å². The zero-order valence-corrected chi connectivity index (χ0v) is 15.2. The predicted octanol–water partition coefficient (Wildman–Crippen LogP) is 4.75. The zero-order valence-electron chi connectivity index (χ0n) is 13.6. The van der Waals surface area contributed by atoms with E-state index in [0.29, 0.717) is 12.8 Å². The number of nitrogens with zero attached hydrogens (tertiary/aromatic N) is 1. The van der Waals surface area contributed by atoms with Gasteiger partial charge in [-0.3, -0.25) is 4.79 Å². The third-order valence-electron chi connectivity index (χ3n) is 4.58. The number of anilines is 1. The van der Waals surface area contributed by atoms with E-state index in [1.807, 2.05) is 30.0 Å². The van der Waals surface area contributed by atoms with E-state index in [1.165, 1.54) is 0 Å². The van der Waals surface area contributed by atoms with E-state index in [2.05, 4.69) is 22.9 Å². The molecule has 122 valence electrons. The number of aliphatic hydroxyl groups is 1. The van der Waals surface area contributed by atoms with Crippen molar-refractivity contribution in [2.75, 3.05) is 11.4 Å². The Hall–Kier alpha value is -0.870. The molecule has 1 aromatic carbocycles. The lowest BCUT2D eigenvalue weighted by atomic mass is 9.85. The summed E-state index contributed by atoms with van der Waals surface area (Å²) in [4.78, 5) is 13.8. The molecule has 3 nitrogen and oxygen atoms in total.